The normalized spacial score (nSPS) is 27.2. The van der Waals surface area contributed by atoms with E-state index in [9.17, 15) is 0 Å². The van der Waals surface area contributed by atoms with Crippen LogP contribution in [0.15, 0.2) is 34.9 Å². The smallest absolute Gasteiger partial charge is 0.0978 e. The van der Waals surface area contributed by atoms with Gasteiger partial charge in [-0.25, -0.2) is 0 Å². The number of thioether (sulfide) groups is 1. The lowest BCUT2D eigenvalue weighted by atomic mass is 9.80. The van der Waals surface area contributed by atoms with E-state index < -0.39 is 0 Å². The van der Waals surface area contributed by atoms with E-state index in [2.05, 4.69) is 30.3 Å². The summed E-state index contributed by atoms with van der Waals surface area (Å²) in [6.45, 7) is 0. The van der Waals surface area contributed by atoms with Gasteiger partial charge in [-0.2, -0.15) is 5.26 Å². The minimum Gasteiger partial charge on any atom is -0.393 e. The van der Waals surface area contributed by atoms with Crippen molar-refractivity contribution < 1.29 is 0 Å². The Morgan fingerprint density at radius 3 is 3.00 bits per heavy atom. The predicted molar refractivity (Wildman–Crippen MR) is 65.4 cm³/mol. The van der Waals surface area contributed by atoms with E-state index in [1.807, 2.05) is 0 Å². The maximum absolute atomic E-state index is 9.12. The Morgan fingerprint density at radius 2 is 2.19 bits per heavy atom. The summed E-state index contributed by atoms with van der Waals surface area (Å²) in [5.41, 5.74) is 9.53. The van der Waals surface area contributed by atoms with Crippen LogP contribution in [0.1, 0.15) is 22.8 Å². The number of benzene rings is 1. The molecule has 0 saturated heterocycles. The molecule has 2 atom stereocenters. The van der Waals surface area contributed by atoms with Crippen molar-refractivity contribution in [2.75, 3.05) is 0 Å². The number of aryl methyl sites for hydroxylation is 1. The molecule has 1 aromatic carbocycles. The molecule has 2 unspecified atom stereocenters. The first-order chi connectivity index (χ1) is 7.81. The molecule has 0 saturated carbocycles. The van der Waals surface area contributed by atoms with E-state index in [1.165, 1.54) is 11.1 Å². The van der Waals surface area contributed by atoms with E-state index in [0.717, 1.165) is 23.4 Å². The second kappa shape index (κ2) is 3.57. The van der Waals surface area contributed by atoms with Crippen LogP contribution in [-0.4, -0.2) is 0 Å². The molecule has 3 heteroatoms. The summed E-state index contributed by atoms with van der Waals surface area (Å²) < 4.78 is 0. The summed E-state index contributed by atoms with van der Waals surface area (Å²) in [5.74, 6) is 0.338. The molecule has 1 heterocycles. The average Bonchev–Trinajstić information content (AvgIpc) is 2.65. The van der Waals surface area contributed by atoms with Crippen molar-refractivity contribution in [2.24, 2.45) is 11.7 Å². The van der Waals surface area contributed by atoms with Gasteiger partial charge in [0.05, 0.1) is 16.7 Å². The van der Waals surface area contributed by atoms with Crippen molar-refractivity contribution in [3.05, 3.63) is 46.0 Å². The minimum absolute atomic E-state index is 0.338. The standard InChI is InChI=1S/C13H12N2S/c14-7-11-10-6-5-8-3-1-2-4-9(8)12(10)16-13(11)15/h1-4,10,12H,5-6,15H2. The van der Waals surface area contributed by atoms with Gasteiger partial charge in [-0.15, -0.1) is 0 Å². The van der Waals surface area contributed by atoms with Gasteiger partial charge in [0.1, 0.15) is 0 Å². The zero-order valence-corrected chi connectivity index (χ0v) is 9.63. The number of allylic oxidation sites excluding steroid dienone is 1. The second-order valence-electron chi connectivity index (χ2n) is 4.27. The van der Waals surface area contributed by atoms with Crippen molar-refractivity contribution in [3.8, 4) is 6.07 Å². The van der Waals surface area contributed by atoms with Gasteiger partial charge in [0.25, 0.3) is 0 Å². The minimum atomic E-state index is 0.338. The molecule has 3 rings (SSSR count). The third-order valence-electron chi connectivity index (χ3n) is 3.46. The molecule has 1 aliphatic carbocycles. The Bertz CT molecular complexity index is 513. The van der Waals surface area contributed by atoms with Gasteiger partial charge in [-0.1, -0.05) is 36.0 Å². The number of nitrogens with zero attached hydrogens (tertiary/aromatic N) is 1. The van der Waals surface area contributed by atoms with Gasteiger partial charge < -0.3 is 5.73 Å². The Morgan fingerprint density at radius 1 is 1.38 bits per heavy atom. The highest BCUT2D eigenvalue weighted by molar-refractivity contribution is 8.03. The average molecular weight is 228 g/mol. The highest BCUT2D eigenvalue weighted by Crippen LogP contribution is 2.54. The van der Waals surface area contributed by atoms with Crippen molar-refractivity contribution >= 4 is 11.8 Å². The Labute approximate surface area is 99.1 Å². The fraction of sp³-hybridized carbons (Fsp3) is 0.308. The van der Waals surface area contributed by atoms with E-state index >= 15 is 0 Å². The second-order valence-corrected chi connectivity index (χ2v) is 5.46. The molecule has 0 amide bonds. The molecule has 1 aliphatic heterocycles. The lowest BCUT2D eigenvalue weighted by Gasteiger charge is -2.27. The highest BCUT2D eigenvalue weighted by atomic mass is 32.2. The molecule has 80 valence electrons. The monoisotopic (exact) mass is 228 g/mol. The lowest BCUT2D eigenvalue weighted by Crippen LogP contribution is -2.16. The molecule has 1 aromatic rings. The molecule has 0 spiro atoms. The van der Waals surface area contributed by atoms with Crippen molar-refractivity contribution in [1.29, 1.82) is 5.26 Å². The van der Waals surface area contributed by atoms with Crippen molar-refractivity contribution in [3.63, 3.8) is 0 Å². The number of hydrogen-bond acceptors (Lipinski definition) is 3. The number of fused-ring (bicyclic) bond motifs is 3. The van der Waals surface area contributed by atoms with Gasteiger partial charge in [-0.05, 0) is 24.0 Å². The van der Waals surface area contributed by atoms with Gasteiger partial charge >= 0.3 is 0 Å². The zero-order valence-electron chi connectivity index (χ0n) is 8.81. The summed E-state index contributed by atoms with van der Waals surface area (Å²) in [4.78, 5) is 0. The van der Waals surface area contributed by atoms with Gasteiger partial charge in [0.15, 0.2) is 0 Å². The topological polar surface area (TPSA) is 49.8 Å². The van der Waals surface area contributed by atoms with E-state index in [0.29, 0.717) is 11.2 Å². The van der Waals surface area contributed by atoms with Crippen LogP contribution in [0.25, 0.3) is 0 Å². The molecule has 0 fully saturated rings. The fourth-order valence-electron chi connectivity index (χ4n) is 2.68. The Hall–Kier alpha value is -1.40. The number of nitriles is 1. The van der Waals surface area contributed by atoms with Crippen LogP contribution in [0.4, 0.5) is 0 Å². The summed E-state index contributed by atoms with van der Waals surface area (Å²) in [6.07, 6.45) is 2.12. The summed E-state index contributed by atoms with van der Waals surface area (Å²) in [5, 5.41) is 10.2. The van der Waals surface area contributed by atoms with Crippen LogP contribution in [-0.2, 0) is 6.42 Å². The van der Waals surface area contributed by atoms with Crippen LogP contribution in [0.5, 0.6) is 0 Å². The third-order valence-corrected chi connectivity index (χ3v) is 4.77. The summed E-state index contributed by atoms with van der Waals surface area (Å²) >= 11 is 1.66. The van der Waals surface area contributed by atoms with Crippen LogP contribution in [0.3, 0.4) is 0 Å². The largest absolute Gasteiger partial charge is 0.393 e. The molecule has 16 heavy (non-hydrogen) atoms. The van der Waals surface area contributed by atoms with Crippen LogP contribution < -0.4 is 5.73 Å². The summed E-state index contributed by atoms with van der Waals surface area (Å²) in [6, 6.07) is 10.8. The fourth-order valence-corrected chi connectivity index (χ4v) is 4.07. The van der Waals surface area contributed by atoms with Crippen LogP contribution >= 0.6 is 11.8 Å². The first-order valence-electron chi connectivity index (χ1n) is 5.45. The zero-order chi connectivity index (χ0) is 11.1. The number of rotatable bonds is 0. The Balaban J connectivity index is 2.05. The maximum atomic E-state index is 9.12. The van der Waals surface area contributed by atoms with Crippen LogP contribution in [0, 0.1) is 17.2 Å². The van der Waals surface area contributed by atoms with Gasteiger partial charge in [0.2, 0.25) is 0 Å². The molecule has 2 aliphatic rings. The predicted octanol–water partition coefficient (Wildman–Crippen LogP) is 2.73. The molecular weight excluding hydrogens is 216 g/mol. The number of hydrogen-bond donors (Lipinski definition) is 1. The molecule has 2 N–H and O–H groups in total. The highest BCUT2D eigenvalue weighted by Gasteiger charge is 2.39. The maximum Gasteiger partial charge on any atom is 0.0978 e. The first kappa shape index (κ1) is 9.80. The number of nitrogens with two attached hydrogens (primary N) is 1. The Kier molecular flexibility index (Phi) is 2.19. The first-order valence-corrected chi connectivity index (χ1v) is 6.33. The molecule has 0 radical (unpaired) electrons. The van der Waals surface area contributed by atoms with E-state index in [-0.39, 0.29) is 0 Å². The van der Waals surface area contributed by atoms with Gasteiger partial charge in [0, 0.05) is 11.2 Å². The quantitative estimate of drug-likeness (QED) is 0.742. The van der Waals surface area contributed by atoms with Crippen LogP contribution in [0.2, 0.25) is 0 Å². The summed E-state index contributed by atoms with van der Waals surface area (Å²) in [7, 11) is 0. The molecule has 0 aromatic heterocycles. The molecule has 2 nitrogen and oxygen atoms in total. The van der Waals surface area contributed by atoms with E-state index in [4.69, 9.17) is 11.0 Å². The SMILES string of the molecule is N#CC1=C(N)SC2c3ccccc3CCC12. The lowest BCUT2D eigenvalue weighted by molar-refractivity contribution is 0.534. The third kappa shape index (κ3) is 1.27. The van der Waals surface area contributed by atoms with Crippen molar-refractivity contribution in [1.82, 2.24) is 0 Å². The molecular formula is C13H12N2S. The molecule has 0 bridgehead atoms. The van der Waals surface area contributed by atoms with Gasteiger partial charge in [-0.3, -0.25) is 0 Å². The van der Waals surface area contributed by atoms with E-state index in [1.54, 1.807) is 11.8 Å². The van der Waals surface area contributed by atoms with Crippen molar-refractivity contribution in [2.45, 2.75) is 18.1 Å².